The van der Waals surface area contributed by atoms with Gasteiger partial charge in [0.1, 0.15) is 17.7 Å². The monoisotopic (exact) mass is 386 g/mol. The Morgan fingerprint density at radius 1 is 1.12 bits per heavy atom. The number of thioether (sulfide) groups is 1. The van der Waals surface area contributed by atoms with Gasteiger partial charge in [-0.2, -0.15) is 0 Å². The van der Waals surface area contributed by atoms with E-state index in [4.69, 9.17) is 4.74 Å². The summed E-state index contributed by atoms with van der Waals surface area (Å²) in [7, 11) is 0. The van der Waals surface area contributed by atoms with Crippen LogP contribution in [0.2, 0.25) is 0 Å². The van der Waals surface area contributed by atoms with Gasteiger partial charge in [0, 0.05) is 25.1 Å². The van der Waals surface area contributed by atoms with Crippen LogP contribution >= 0.6 is 11.8 Å². The Morgan fingerprint density at radius 3 is 2.15 bits per heavy atom. The van der Waals surface area contributed by atoms with E-state index in [0.717, 1.165) is 11.8 Å². The number of carbonyl (C=O) groups is 4. The highest BCUT2D eigenvalue weighted by Crippen LogP contribution is 2.32. The summed E-state index contributed by atoms with van der Waals surface area (Å²) in [6.45, 7) is 12.0. The summed E-state index contributed by atoms with van der Waals surface area (Å²) in [5.41, 5.74) is -0.644. The number of ether oxygens (including phenoxy) is 1. The van der Waals surface area contributed by atoms with Crippen LogP contribution in [0.15, 0.2) is 0 Å². The molecule has 0 saturated carbocycles. The van der Waals surface area contributed by atoms with Gasteiger partial charge in [0.25, 0.3) is 0 Å². The van der Waals surface area contributed by atoms with Crippen molar-refractivity contribution in [2.75, 3.05) is 6.54 Å². The van der Waals surface area contributed by atoms with Crippen LogP contribution in [0.3, 0.4) is 0 Å². The second-order valence-corrected chi connectivity index (χ2v) is 9.88. The zero-order chi connectivity index (χ0) is 20.3. The van der Waals surface area contributed by atoms with Gasteiger partial charge >= 0.3 is 5.97 Å². The molecule has 1 aliphatic rings. The Morgan fingerprint density at radius 2 is 1.69 bits per heavy atom. The van der Waals surface area contributed by atoms with E-state index in [1.807, 2.05) is 0 Å². The Hall–Kier alpha value is -1.57. The molecule has 0 aromatic rings. The minimum Gasteiger partial charge on any atom is -0.458 e. The van der Waals surface area contributed by atoms with Crippen LogP contribution in [0.5, 0.6) is 0 Å². The molecule has 1 rings (SSSR count). The van der Waals surface area contributed by atoms with E-state index in [1.165, 1.54) is 18.7 Å². The minimum absolute atomic E-state index is 0.150. The number of esters is 1. The topological polar surface area (TPSA) is 92.8 Å². The molecule has 1 heterocycles. The number of carbonyl (C=O) groups excluding carboxylic acids is 4. The predicted octanol–water partition coefficient (Wildman–Crippen LogP) is 1.88. The van der Waals surface area contributed by atoms with Crippen molar-refractivity contribution < 1.29 is 23.9 Å². The molecule has 0 radical (unpaired) electrons. The zero-order valence-corrected chi connectivity index (χ0v) is 17.5. The average Bonchev–Trinajstić information content (AvgIpc) is 2.89. The fourth-order valence-electron chi connectivity index (χ4n) is 2.98. The van der Waals surface area contributed by atoms with Crippen molar-refractivity contribution in [2.45, 2.75) is 83.7 Å². The number of nitrogens with zero attached hydrogens (tertiary/aromatic N) is 1. The maximum atomic E-state index is 13.2. The molecule has 26 heavy (non-hydrogen) atoms. The maximum Gasteiger partial charge on any atom is 0.329 e. The van der Waals surface area contributed by atoms with Gasteiger partial charge in [-0.05, 0) is 47.5 Å². The van der Waals surface area contributed by atoms with E-state index in [1.54, 1.807) is 34.6 Å². The maximum absolute atomic E-state index is 13.2. The van der Waals surface area contributed by atoms with Gasteiger partial charge < -0.3 is 15.0 Å². The average molecular weight is 387 g/mol. The molecule has 2 amide bonds. The lowest BCUT2D eigenvalue weighted by atomic mass is 10.0. The largest absolute Gasteiger partial charge is 0.458 e. The third-order valence-electron chi connectivity index (χ3n) is 3.91. The van der Waals surface area contributed by atoms with Crippen LogP contribution in [0.1, 0.15) is 61.3 Å². The fourth-order valence-corrected chi connectivity index (χ4v) is 4.00. The summed E-state index contributed by atoms with van der Waals surface area (Å²) in [6, 6.07) is -1.59. The molecular formula is C18H30N2O5S. The molecule has 1 aliphatic heterocycles. The zero-order valence-electron chi connectivity index (χ0n) is 16.7. The van der Waals surface area contributed by atoms with Crippen molar-refractivity contribution in [3.05, 3.63) is 0 Å². The van der Waals surface area contributed by atoms with E-state index in [0.29, 0.717) is 19.4 Å². The first-order valence-corrected chi connectivity index (χ1v) is 9.56. The Labute approximate surface area is 159 Å². The quantitative estimate of drug-likeness (QED) is 0.725. The number of amides is 2. The summed E-state index contributed by atoms with van der Waals surface area (Å²) in [4.78, 5) is 50.3. The van der Waals surface area contributed by atoms with E-state index < -0.39 is 28.4 Å². The second-order valence-electron chi connectivity index (χ2n) is 8.05. The lowest BCUT2D eigenvalue weighted by Gasteiger charge is -2.36. The first-order valence-electron chi connectivity index (χ1n) is 8.74. The highest BCUT2D eigenvalue weighted by molar-refractivity contribution is 8.14. The van der Waals surface area contributed by atoms with Gasteiger partial charge in [0.05, 0.1) is 0 Å². The van der Waals surface area contributed by atoms with Crippen molar-refractivity contribution in [3.63, 3.8) is 0 Å². The normalized spacial score (nSPS) is 19.0. The summed E-state index contributed by atoms with van der Waals surface area (Å²) in [5, 5.41) is 2.50. The molecule has 1 fully saturated rings. The SMILES string of the molecule is CC(=O)N[C@H](C(=O)N1CCC[C@H]1C(=O)OC(C)(C)C)C(C)(C)SC(C)=O. The molecule has 0 aliphatic carbocycles. The molecule has 0 unspecified atom stereocenters. The first kappa shape index (κ1) is 22.5. The van der Waals surface area contributed by atoms with Crippen LogP contribution < -0.4 is 5.32 Å². The van der Waals surface area contributed by atoms with Crippen LogP contribution in [-0.2, 0) is 23.9 Å². The predicted molar refractivity (Wildman–Crippen MR) is 101 cm³/mol. The summed E-state index contributed by atoms with van der Waals surface area (Å²) < 4.78 is 4.58. The van der Waals surface area contributed by atoms with Gasteiger partial charge in [-0.1, -0.05) is 11.8 Å². The van der Waals surface area contributed by atoms with Gasteiger partial charge in [0.15, 0.2) is 5.12 Å². The molecule has 1 N–H and O–H groups in total. The Bertz CT molecular complexity index is 583. The van der Waals surface area contributed by atoms with E-state index in [-0.39, 0.29) is 16.9 Å². The molecular weight excluding hydrogens is 356 g/mol. The Kier molecular flexibility index (Phi) is 7.27. The van der Waals surface area contributed by atoms with E-state index >= 15 is 0 Å². The molecule has 0 bridgehead atoms. The third-order valence-corrected chi connectivity index (χ3v) is 4.96. The van der Waals surface area contributed by atoms with Crippen LogP contribution in [-0.4, -0.2) is 56.8 Å². The van der Waals surface area contributed by atoms with Crippen molar-refractivity contribution in [3.8, 4) is 0 Å². The van der Waals surface area contributed by atoms with Crippen molar-refractivity contribution in [1.82, 2.24) is 10.2 Å². The first-order chi connectivity index (χ1) is 11.7. The van der Waals surface area contributed by atoms with Crippen LogP contribution in [0.25, 0.3) is 0 Å². The number of hydrogen-bond donors (Lipinski definition) is 1. The van der Waals surface area contributed by atoms with Crippen molar-refractivity contribution >= 4 is 34.7 Å². The van der Waals surface area contributed by atoms with Gasteiger partial charge in [-0.25, -0.2) is 4.79 Å². The molecule has 2 atom stereocenters. The summed E-state index contributed by atoms with van der Waals surface area (Å²) in [6.07, 6.45) is 1.20. The molecule has 0 aromatic carbocycles. The number of nitrogens with one attached hydrogen (secondary N) is 1. The third kappa shape index (κ3) is 6.30. The van der Waals surface area contributed by atoms with Crippen LogP contribution in [0, 0.1) is 0 Å². The molecule has 0 spiro atoms. The van der Waals surface area contributed by atoms with Crippen molar-refractivity contribution in [1.29, 1.82) is 0 Å². The highest BCUT2D eigenvalue weighted by atomic mass is 32.2. The summed E-state index contributed by atoms with van der Waals surface area (Å²) in [5.74, 6) is -1.18. The number of likely N-dealkylation sites (tertiary alicyclic amines) is 1. The summed E-state index contributed by atoms with van der Waals surface area (Å²) >= 11 is 0.996. The highest BCUT2D eigenvalue weighted by Gasteiger charge is 2.45. The molecule has 7 nitrogen and oxygen atoms in total. The molecule has 0 aromatic heterocycles. The van der Waals surface area contributed by atoms with Crippen LogP contribution in [0.4, 0.5) is 0 Å². The van der Waals surface area contributed by atoms with Gasteiger partial charge in [-0.15, -0.1) is 0 Å². The lowest BCUT2D eigenvalue weighted by molar-refractivity contribution is -0.163. The molecule has 8 heteroatoms. The number of hydrogen-bond acceptors (Lipinski definition) is 6. The number of rotatable bonds is 5. The lowest BCUT2D eigenvalue weighted by Crippen LogP contribution is -2.59. The van der Waals surface area contributed by atoms with Gasteiger partial charge in [-0.3, -0.25) is 14.4 Å². The smallest absolute Gasteiger partial charge is 0.329 e. The second kappa shape index (κ2) is 8.41. The fraction of sp³-hybridized carbons (Fsp3) is 0.778. The standard InChI is InChI=1S/C18H30N2O5S/c1-11(21)19-14(18(6,7)26-12(2)22)15(23)20-10-8-9-13(20)16(24)25-17(3,4)5/h13-14H,8-10H2,1-7H3,(H,19,21)/t13-,14+/m0/s1. The van der Waals surface area contributed by atoms with E-state index in [9.17, 15) is 19.2 Å². The Balaban J connectivity index is 3.07. The van der Waals surface area contributed by atoms with Gasteiger partial charge in [0.2, 0.25) is 11.8 Å². The molecule has 148 valence electrons. The minimum atomic E-state index is -0.920. The van der Waals surface area contributed by atoms with Crippen molar-refractivity contribution in [2.24, 2.45) is 0 Å². The van der Waals surface area contributed by atoms with E-state index in [2.05, 4.69) is 5.32 Å². The molecule has 1 saturated heterocycles.